The van der Waals surface area contributed by atoms with Gasteiger partial charge in [-0.1, -0.05) is 36.4 Å². The molecule has 0 bridgehead atoms. The van der Waals surface area contributed by atoms with E-state index in [-0.39, 0.29) is 0 Å². The zero-order valence-electron chi connectivity index (χ0n) is 11.5. The lowest BCUT2D eigenvalue weighted by molar-refractivity contribution is 0.415. The molecule has 0 aromatic heterocycles. The Labute approximate surface area is 119 Å². The van der Waals surface area contributed by atoms with E-state index in [1.54, 1.807) is 7.11 Å². The number of fused-ring (bicyclic) bond motifs is 1. The smallest absolute Gasteiger partial charge is 0.119 e. The van der Waals surface area contributed by atoms with E-state index in [1.807, 2.05) is 24.3 Å². The van der Waals surface area contributed by atoms with Crippen LogP contribution in [-0.2, 0) is 6.54 Å². The second kappa shape index (κ2) is 5.66. The van der Waals surface area contributed by atoms with Gasteiger partial charge in [-0.05, 0) is 46.7 Å². The average molecular weight is 263 g/mol. The van der Waals surface area contributed by atoms with Crippen LogP contribution in [-0.4, -0.2) is 7.11 Å². The summed E-state index contributed by atoms with van der Waals surface area (Å²) in [6.07, 6.45) is 0. The average Bonchev–Trinajstić information content (AvgIpc) is 2.53. The minimum Gasteiger partial charge on any atom is -0.497 e. The first-order chi connectivity index (χ1) is 9.85. The molecule has 1 N–H and O–H groups in total. The van der Waals surface area contributed by atoms with Crippen LogP contribution < -0.4 is 10.1 Å². The Morgan fingerprint density at radius 3 is 2.40 bits per heavy atom. The Hall–Kier alpha value is -2.48. The van der Waals surface area contributed by atoms with Crippen LogP contribution in [0.2, 0.25) is 0 Å². The largest absolute Gasteiger partial charge is 0.497 e. The molecule has 2 heteroatoms. The molecule has 0 atom stereocenters. The van der Waals surface area contributed by atoms with Crippen molar-refractivity contribution in [2.45, 2.75) is 6.54 Å². The van der Waals surface area contributed by atoms with E-state index in [0.29, 0.717) is 0 Å². The third-order valence-electron chi connectivity index (χ3n) is 3.38. The molecule has 3 aromatic carbocycles. The van der Waals surface area contributed by atoms with Crippen molar-refractivity contribution in [2.24, 2.45) is 0 Å². The topological polar surface area (TPSA) is 21.3 Å². The number of rotatable bonds is 4. The standard InChI is InChI=1S/C18H17NO/c1-20-18-10-9-15-11-14(7-8-16(15)12-18)13-19-17-5-3-2-4-6-17/h2-12,19H,13H2,1H3. The number of methoxy groups -OCH3 is 1. The first kappa shape index (κ1) is 12.5. The predicted molar refractivity (Wildman–Crippen MR) is 84.3 cm³/mol. The molecule has 0 aliphatic heterocycles. The Bertz CT molecular complexity index is 707. The molecule has 0 radical (unpaired) electrons. The molecule has 0 aliphatic rings. The molecule has 2 nitrogen and oxygen atoms in total. The normalized spacial score (nSPS) is 10.4. The van der Waals surface area contributed by atoms with E-state index in [1.165, 1.54) is 16.3 Å². The SMILES string of the molecule is COc1ccc2cc(CNc3ccccc3)ccc2c1. The fourth-order valence-electron chi connectivity index (χ4n) is 2.27. The highest BCUT2D eigenvalue weighted by atomic mass is 16.5. The van der Waals surface area contributed by atoms with Crippen LogP contribution in [0.5, 0.6) is 5.75 Å². The van der Waals surface area contributed by atoms with Crippen LogP contribution >= 0.6 is 0 Å². The van der Waals surface area contributed by atoms with Crippen LogP contribution in [0.4, 0.5) is 5.69 Å². The zero-order valence-corrected chi connectivity index (χ0v) is 11.5. The Balaban J connectivity index is 1.79. The van der Waals surface area contributed by atoms with E-state index in [9.17, 15) is 0 Å². The van der Waals surface area contributed by atoms with Crippen molar-refractivity contribution in [3.8, 4) is 5.75 Å². The van der Waals surface area contributed by atoms with Gasteiger partial charge in [-0.15, -0.1) is 0 Å². The summed E-state index contributed by atoms with van der Waals surface area (Å²) in [6, 6.07) is 22.9. The van der Waals surface area contributed by atoms with Crippen LogP contribution in [0.1, 0.15) is 5.56 Å². The van der Waals surface area contributed by atoms with Gasteiger partial charge in [-0.3, -0.25) is 0 Å². The molecule has 20 heavy (non-hydrogen) atoms. The molecule has 0 saturated heterocycles. The summed E-state index contributed by atoms with van der Waals surface area (Å²) in [5.41, 5.74) is 2.41. The molecule has 0 fully saturated rings. The maximum absolute atomic E-state index is 5.25. The maximum Gasteiger partial charge on any atom is 0.119 e. The fraction of sp³-hybridized carbons (Fsp3) is 0.111. The number of ether oxygens (including phenoxy) is 1. The molecular formula is C18H17NO. The minimum absolute atomic E-state index is 0.825. The first-order valence-corrected chi connectivity index (χ1v) is 6.71. The third kappa shape index (κ3) is 2.75. The van der Waals surface area contributed by atoms with Crippen LogP contribution in [0.25, 0.3) is 10.8 Å². The highest BCUT2D eigenvalue weighted by molar-refractivity contribution is 5.84. The van der Waals surface area contributed by atoms with Crippen LogP contribution in [0, 0.1) is 0 Å². The predicted octanol–water partition coefficient (Wildman–Crippen LogP) is 4.46. The Morgan fingerprint density at radius 2 is 1.60 bits per heavy atom. The number of hydrogen-bond donors (Lipinski definition) is 1. The van der Waals surface area contributed by atoms with Crippen molar-refractivity contribution < 1.29 is 4.74 Å². The van der Waals surface area contributed by atoms with Crippen LogP contribution in [0.15, 0.2) is 66.7 Å². The van der Waals surface area contributed by atoms with Crippen molar-refractivity contribution >= 4 is 16.5 Å². The van der Waals surface area contributed by atoms with Gasteiger partial charge in [-0.2, -0.15) is 0 Å². The summed E-state index contributed by atoms with van der Waals surface area (Å²) in [5.74, 6) is 0.896. The van der Waals surface area contributed by atoms with Gasteiger partial charge >= 0.3 is 0 Å². The van der Waals surface area contributed by atoms with Gasteiger partial charge in [0.15, 0.2) is 0 Å². The quantitative estimate of drug-likeness (QED) is 0.750. The lowest BCUT2D eigenvalue weighted by Gasteiger charge is -2.08. The van der Waals surface area contributed by atoms with Gasteiger partial charge < -0.3 is 10.1 Å². The summed E-state index contributed by atoms with van der Waals surface area (Å²) >= 11 is 0. The third-order valence-corrected chi connectivity index (χ3v) is 3.38. The summed E-state index contributed by atoms with van der Waals surface area (Å²) in [5, 5.41) is 5.86. The molecular weight excluding hydrogens is 246 g/mol. The number of nitrogens with one attached hydrogen (secondary N) is 1. The van der Waals surface area contributed by atoms with Crippen molar-refractivity contribution in [1.82, 2.24) is 0 Å². The minimum atomic E-state index is 0.825. The van der Waals surface area contributed by atoms with Crippen LogP contribution in [0.3, 0.4) is 0 Å². The van der Waals surface area contributed by atoms with E-state index in [2.05, 4.69) is 47.8 Å². The fourth-order valence-corrected chi connectivity index (χ4v) is 2.27. The van der Waals surface area contributed by atoms with Gasteiger partial charge in [0.2, 0.25) is 0 Å². The van der Waals surface area contributed by atoms with Gasteiger partial charge in [0.1, 0.15) is 5.75 Å². The molecule has 0 amide bonds. The van der Waals surface area contributed by atoms with Crippen molar-refractivity contribution in [3.63, 3.8) is 0 Å². The second-order valence-electron chi connectivity index (χ2n) is 4.77. The summed E-state index contributed by atoms with van der Waals surface area (Å²) in [6.45, 7) is 0.825. The van der Waals surface area contributed by atoms with Gasteiger partial charge in [0.25, 0.3) is 0 Å². The maximum atomic E-state index is 5.25. The van der Waals surface area contributed by atoms with Crippen molar-refractivity contribution in [3.05, 3.63) is 72.3 Å². The van der Waals surface area contributed by atoms with Gasteiger partial charge in [0, 0.05) is 12.2 Å². The number of para-hydroxylation sites is 1. The molecule has 0 spiro atoms. The number of anilines is 1. The number of benzene rings is 3. The second-order valence-corrected chi connectivity index (χ2v) is 4.77. The van der Waals surface area contributed by atoms with Gasteiger partial charge in [0.05, 0.1) is 7.11 Å². The first-order valence-electron chi connectivity index (χ1n) is 6.71. The lowest BCUT2D eigenvalue weighted by atomic mass is 10.1. The molecule has 0 saturated carbocycles. The Kier molecular flexibility index (Phi) is 3.55. The molecule has 3 aromatic rings. The molecule has 100 valence electrons. The van der Waals surface area contributed by atoms with E-state index >= 15 is 0 Å². The van der Waals surface area contributed by atoms with Gasteiger partial charge in [-0.25, -0.2) is 0 Å². The zero-order chi connectivity index (χ0) is 13.8. The highest BCUT2D eigenvalue weighted by Gasteiger charge is 1.99. The van der Waals surface area contributed by atoms with E-state index in [4.69, 9.17) is 4.74 Å². The summed E-state index contributed by atoms with van der Waals surface area (Å²) in [7, 11) is 1.69. The molecule has 3 rings (SSSR count). The Morgan fingerprint density at radius 1 is 0.850 bits per heavy atom. The number of hydrogen-bond acceptors (Lipinski definition) is 2. The highest BCUT2D eigenvalue weighted by Crippen LogP contribution is 2.22. The lowest BCUT2D eigenvalue weighted by Crippen LogP contribution is -1.98. The molecule has 0 heterocycles. The van der Waals surface area contributed by atoms with Crippen molar-refractivity contribution in [1.29, 1.82) is 0 Å². The molecule has 0 aliphatic carbocycles. The monoisotopic (exact) mass is 263 g/mol. The van der Waals surface area contributed by atoms with E-state index < -0.39 is 0 Å². The summed E-state index contributed by atoms with van der Waals surface area (Å²) < 4.78 is 5.25. The van der Waals surface area contributed by atoms with E-state index in [0.717, 1.165) is 18.0 Å². The molecule has 0 unspecified atom stereocenters. The summed E-state index contributed by atoms with van der Waals surface area (Å²) in [4.78, 5) is 0. The van der Waals surface area contributed by atoms with Crippen molar-refractivity contribution in [2.75, 3.05) is 12.4 Å².